The average molecular weight is 318 g/mol. The first-order valence-corrected chi connectivity index (χ1v) is 8.62. The van der Waals surface area contributed by atoms with E-state index in [0.717, 1.165) is 51.6 Å². The number of aromatic nitrogens is 1. The Hall–Kier alpha value is -1.66. The van der Waals surface area contributed by atoms with E-state index in [-0.39, 0.29) is 5.91 Å². The summed E-state index contributed by atoms with van der Waals surface area (Å²) < 4.78 is 5.32. The van der Waals surface area contributed by atoms with E-state index in [2.05, 4.69) is 20.1 Å². The molecule has 1 amide bonds. The Bertz CT molecular complexity index is 511. The molecule has 0 aliphatic carbocycles. The van der Waals surface area contributed by atoms with Gasteiger partial charge in [-0.2, -0.15) is 0 Å². The van der Waals surface area contributed by atoms with Gasteiger partial charge >= 0.3 is 0 Å². The molecule has 0 radical (unpaired) electrons. The molecule has 1 N–H and O–H groups in total. The zero-order chi connectivity index (χ0) is 15.9. The second kappa shape index (κ2) is 8.26. The molecule has 2 saturated heterocycles. The van der Waals surface area contributed by atoms with Crippen LogP contribution in [0.2, 0.25) is 0 Å². The lowest BCUT2D eigenvalue weighted by atomic mass is 10.1. The van der Waals surface area contributed by atoms with Crippen molar-refractivity contribution in [1.82, 2.24) is 15.2 Å². The molecule has 0 bridgehead atoms. The smallest absolute Gasteiger partial charge is 0.269 e. The standard InChI is InChI=1S/C17H26N4O2/c22-17(19-6-9-20-10-12-23-13-11-20)16-14-15(4-5-18-16)21-7-2-1-3-8-21/h4-5,14H,1-3,6-13H2,(H,19,22). The van der Waals surface area contributed by atoms with Gasteiger partial charge in [0.05, 0.1) is 13.2 Å². The summed E-state index contributed by atoms with van der Waals surface area (Å²) in [5.41, 5.74) is 1.62. The molecule has 6 nitrogen and oxygen atoms in total. The summed E-state index contributed by atoms with van der Waals surface area (Å²) in [6.07, 6.45) is 5.49. The van der Waals surface area contributed by atoms with Gasteiger partial charge in [0.25, 0.3) is 5.91 Å². The molecule has 6 heteroatoms. The molecule has 3 rings (SSSR count). The van der Waals surface area contributed by atoms with Gasteiger partial charge in [-0.05, 0) is 31.4 Å². The molecule has 0 saturated carbocycles. The van der Waals surface area contributed by atoms with Crippen molar-refractivity contribution in [3.63, 3.8) is 0 Å². The monoisotopic (exact) mass is 318 g/mol. The molecule has 2 fully saturated rings. The van der Waals surface area contributed by atoms with Crippen molar-refractivity contribution in [3.8, 4) is 0 Å². The number of piperidine rings is 1. The van der Waals surface area contributed by atoms with Crippen molar-refractivity contribution in [2.75, 3.05) is 57.4 Å². The number of carbonyl (C=O) groups excluding carboxylic acids is 1. The average Bonchev–Trinajstić information content (AvgIpc) is 2.63. The number of anilines is 1. The van der Waals surface area contributed by atoms with Gasteiger partial charge in [-0.1, -0.05) is 0 Å². The summed E-state index contributed by atoms with van der Waals surface area (Å²) in [5, 5.41) is 2.97. The van der Waals surface area contributed by atoms with E-state index in [0.29, 0.717) is 12.2 Å². The summed E-state index contributed by atoms with van der Waals surface area (Å²) in [4.78, 5) is 21.2. The van der Waals surface area contributed by atoms with Crippen LogP contribution in [0.15, 0.2) is 18.3 Å². The summed E-state index contributed by atoms with van der Waals surface area (Å²) in [6.45, 7) is 7.11. The fourth-order valence-electron chi connectivity index (χ4n) is 3.14. The van der Waals surface area contributed by atoms with Gasteiger partial charge in [-0.3, -0.25) is 14.7 Å². The molecule has 0 atom stereocenters. The lowest BCUT2D eigenvalue weighted by molar-refractivity contribution is 0.0383. The SMILES string of the molecule is O=C(NCCN1CCOCC1)c1cc(N2CCCCC2)ccn1. The second-order valence-electron chi connectivity index (χ2n) is 6.16. The molecule has 126 valence electrons. The van der Waals surface area contributed by atoms with Crippen LogP contribution >= 0.6 is 0 Å². The highest BCUT2D eigenvalue weighted by Gasteiger charge is 2.15. The summed E-state index contributed by atoms with van der Waals surface area (Å²) >= 11 is 0. The molecule has 1 aromatic heterocycles. The first-order chi connectivity index (χ1) is 11.3. The summed E-state index contributed by atoms with van der Waals surface area (Å²) in [6, 6.07) is 3.91. The topological polar surface area (TPSA) is 57.7 Å². The van der Waals surface area contributed by atoms with Crippen LogP contribution in [-0.4, -0.2) is 68.3 Å². The van der Waals surface area contributed by atoms with E-state index in [1.807, 2.05) is 12.1 Å². The number of rotatable bonds is 5. The normalized spacial score (nSPS) is 19.6. The summed E-state index contributed by atoms with van der Waals surface area (Å²) in [7, 11) is 0. The highest BCUT2D eigenvalue weighted by Crippen LogP contribution is 2.19. The molecule has 1 aromatic rings. The largest absolute Gasteiger partial charge is 0.379 e. The Balaban J connectivity index is 1.50. The fraction of sp³-hybridized carbons (Fsp3) is 0.647. The van der Waals surface area contributed by atoms with Crippen molar-refractivity contribution in [1.29, 1.82) is 0 Å². The number of hydrogen-bond acceptors (Lipinski definition) is 5. The molecule has 3 heterocycles. The fourth-order valence-corrected chi connectivity index (χ4v) is 3.14. The second-order valence-corrected chi connectivity index (χ2v) is 6.16. The Morgan fingerprint density at radius 3 is 2.74 bits per heavy atom. The molecule has 0 spiro atoms. The van der Waals surface area contributed by atoms with Gasteiger partial charge in [-0.25, -0.2) is 0 Å². The lowest BCUT2D eigenvalue weighted by Gasteiger charge is -2.29. The van der Waals surface area contributed by atoms with Crippen LogP contribution in [0.25, 0.3) is 0 Å². The zero-order valence-electron chi connectivity index (χ0n) is 13.7. The van der Waals surface area contributed by atoms with Crippen molar-refractivity contribution >= 4 is 11.6 Å². The van der Waals surface area contributed by atoms with Gasteiger partial charge < -0.3 is 15.0 Å². The van der Waals surface area contributed by atoms with Crippen LogP contribution in [0, 0.1) is 0 Å². The minimum Gasteiger partial charge on any atom is -0.379 e. The number of carbonyl (C=O) groups is 1. The van der Waals surface area contributed by atoms with Gasteiger partial charge in [-0.15, -0.1) is 0 Å². The maximum Gasteiger partial charge on any atom is 0.269 e. The van der Waals surface area contributed by atoms with Crippen molar-refractivity contribution in [2.24, 2.45) is 0 Å². The van der Waals surface area contributed by atoms with Gasteiger partial charge in [0.15, 0.2) is 0 Å². The minimum absolute atomic E-state index is 0.0860. The zero-order valence-corrected chi connectivity index (χ0v) is 13.7. The third-order valence-corrected chi connectivity index (χ3v) is 4.51. The number of ether oxygens (including phenoxy) is 1. The molecular formula is C17H26N4O2. The lowest BCUT2D eigenvalue weighted by Crippen LogP contribution is -2.41. The third kappa shape index (κ3) is 4.65. The van der Waals surface area contributed by atoms with E-state index in [9.17, 15) is 4.79 Å². The molecule has 0 unspecified atom stereocenters. The van der Waals surface area contributed by atoms with Gasteiger partial charge in [0.2, 0.25) is 0 Å². The Morgan fingerprint density at radius 2 is 1.96 bits per heavy atom. The first kappa shape index (κ1) is 16.2. The maximum atomic E-state index is 12.3. The van der Waals surface area contributed by atoms with Crippen LogP contribution in [0.4, 0.5) is 5.69 Å². The highest BCUT2D eigenvalue weighted by atomic mass is 16.5. The van der Waals surface area contributed by atoms with Gasteiger partial charge in [0.1, 0.15) is 5.69 Å². The van der Waals surface area contributed by atoms with E-state index in [1.54, 1.807) is 6.20 Å². The molecule has 0 aromatic carbocycles. The first-order valence-electron chi connectivity index (χ1n) is 8.62. The molecular weight excluding hydrogens is 292 g/mol. The highest BCUT2D eigenvalue weighted by molar-refractivity contribution is 5.93. The predicted molar refractivity (Wildman–Crippen MR) is 89.9 cm³/mol. The van der Waals surface area contributed by atoms with E-state index in [1.165, 1.54) is 19.3 Å². The quantitative estimate of drug-likeness (QED) is 0.882. The van der Waals surface area contributed by atoms with Crippen LogP contribution in [-0.2, 0) is 4.74 Å². The van der Waals surface area contributed by atoms with Crippen LogP contribution in [0.3, 0.4) is 0 Å². The van der Waals surface area contributed by atoms with Crippen LogP contribution in [0.1, 0.15) is 29.8 Å². The van der Waals surface area contributed by atoms with Crippen molar-refractivity contribution in [3.05, 3.63) is 24.0 Å². The van der Waals surface area contributed by atoms with Crippen LogP contribution < -0.4 is 10.2 Å². The maximum absolute atomic E-state index is 12.3. The molecule has 2 aliphatic heterocycles. The minimum atomic E-state index is -0.0860. The summed E-state index contributed by atoms with van der Waals surface area (Å²) in [5.74, 6) is -0.0860. The Morgan fingerprint density at radius 1 is 1.17 bits per heavy atom. The van der Waals surface area contributed by atoms with Crippen molar-refractivity contribution in [2.45, 2.75) is 19.3 Å². The predicted octanol–water partition coefficient (Wildman–Crippen LogP) is 1.13. The van der Waals surface area contributed by atoms with Gasteiger partial charge in [0, 0.05) is 51.2 Å². The van der Waals surface area contributed by atoms with E-state index < -0.39 is 0 Å². The molecule has 2 aliphatic rings. The number of morpholine rings is 1. The number of nitrogens with zero attached hydrogens (tertiary/aromatic N) is 3. The Labute approximate surface area is 137 Å². The number of hydrogen-bond donors (Lipinski definition) is 1. The van der Waals surface area contributed by atoms with E-state index in [4.69, 9.17) is 4.74 Å². The molecule has 23 heavy (non-hydrogen) atoms. The van der Waals surface area contributed by atoms with Crippen LogP contribution in [0.5, 0.6) is 0 Å². The third-order valence-electron chi connectivity index (χ3n) is 4.51. The Kier molecular flexibility index (Phi) is 5.82. The van der Waals surface area contributed by atoms with Crippen molar-refractivity contribution < 1.29 is 9.53 Å². The number of nitrogens with one attached hydrogen (secondary N) is 1. The van der Waals surface area contributed by atoms with E-state index >= 15 is 0 Å². The number of amides is 1. The number of pyridine rings is 1.